The van der Waals surface area contributed by atoms with Crippen LogP contribution in [-0.2, 0) is 15.7 Å². The summed E-state index contributed by atoms with van der Waals surface area (Å²) in [6, 6.07) is 3.91. The van der Waals surface area contributed by atoms with Gasteiger partial charge >= 0.3 is 12.3 Å². The largest absolute Gasteiger partial charge is 0.444 e. The summed E-state index contributed by atoms with van der Waals surface area (Å²) in [5.41, 5.74) is -1.31. The molecule has 0 saturated heterocycles. The average molecular weight is 417 g/mol. The first-order valence-electron chi connectivity index (χ1n) is 9.07. The van der Waals surface area contributed by atoms with Crippen LogP contribution in [0.2, 0.25) is 0 Å². The van der Waals surface area contributed by atoms with E-state index in [1.807, 2.05) is 0 Å². The summed E-state index contributed by atoms with van der Waals surface area (Å²) in [5, 5.41) is 7.67. The van der Waals surface area contributed by atoms with Gasteiger partial charge < -0.3 is 20.7 Å². The van der Waals surface area contributed by atoms with E-state index in [2.05, 4.69) is 16.0 Å². The first-order chi connectivity index (χ1) is 13.4. The first kappa shape index (κ1) is 24.3. The van der Waals surface area contributed by atoms with Crippen molar-refractivity contribution >= 4 is 17.9 Å². The molecule has 0 unspecified atom stereocenters. The molecule has 1 aromatic carbocycles. The lowest BCUT2D eigenvalue weighted by Crippen LogP contribution is -2.35. The molecule has 1 rings (SSSR count). The summed E-state index contributed by atoms with van der Waals surface area (Å²) in [4.78, 5) is 35.0. The lowest BCUT2D eigenvalue weighted by molar-refractivity contribution is -0.137. The van der Waals surface area contributed by atoms with Gasteiger partial charge in [-0.15, -0.1) is 0 Å². The molecule has 10 heteroatoms. The highest BCUT2D eigenvalue weighted by Gasteiger charge is 2.30. The topological polar surface area (TPSA) is 96.5 Å². The standard InChI is InChI=1S/C19H26F3N3O4/c1-18(2,3)29-17(28)25-12-9-15(26)23-10-4-11-24-16(27)13-5-7-14(8-6-13)19(20,21)22/h5-8H,4,9-12H2,1-3H3,(H,23,26)(H,24,27)(H,25,28). The van der Waals surface area contributed by atoms with E-state index < -0.39 is 29.3 Å². The molecule has 162 valence electrons. The number of alkyl carbamates (subject to hydrolysis) is 1. The maximum absolute atomic E-state index is 12.5. The van der Waals surface area contributed by atoms with E-state index in [0.29, 0.717) is 13.0 Å². The molecule has 0 bridgehead atoms. The number of hydrogen-bond acceptors (Lipinski definition) is 4. The van der Waals surface area contributed by atoms with Gasteiger partial charge in [-0.25, -0.2) is 4.79 Å². The first-order valence-corrected chi connectivity index (χ1v) is 9.07. The Morgan fingerprint density at radius 3 is 2.03 bits per heavy atom. The van der Waals surface area contributed by atoms with Gasteiger partial charge in [0.25, 0.3) is 5.91 Å². The molecule has 0 saturated carbocycles. The van der Waals surface area contributed by atoms with Crippen molar-refractivity contribution in [3.63, 3.8) is 0 Å². The van der Waals surface area contributed by atoms with E-state index >= 15 is 0 Å². The third-order valence-corrected chi connectivity index (χ3v) is 3.46. The number of nitrogens with one attached hydrogen (secondary N) is 3. The third-order valence-electron chi connectivity index (χ3n) is 3.46. The van der Waals surface area contributed by atoms with Crippen LogP contribution in [0, 0.1) is 0 Å². The molecule has 0 atom stereocenters. The summed E-state index contributed by atoms with van der Waals surface area (Å²) in [6.07, 6.45) is -4.53. The zero-order valence-electron chi connectivity index (χ0n) is 16.6. The molecule has 0 aromatic heterocycles. The summed E-state index contributed by atoms with van der Waals surface area (Å²) in [6.45, 7) is 5.88. The van der Waals surface area contributed by atoms with Crippen molar-refractivity contribution in [2.75, 3.05) is 19.6 Å². The van der Waals surface area contributed by atoms with Crippen LogP contribution in [0.15, 0.2) is 24.3 Å². The van der Waals surface area contributed by atoms with Crippen molar-refractivity contribution in [1.82, 2.24) is 16.0 Å². The van der Waals surface area contributed by atoms with Crippen molar-refractivity contribution in [3.8, 4) is 0 Å². The molecule has 1 aromatic rings. The highest BCUT2D eigenvalue weighted by atomic mass is 19.4. The minimum atomic E-state index is -4.45. The lowest BCUT2D eigenvalue weighted by Gasteiger charge is -2.19. The van der Waals surface area contributed by atoms with E-state index in [0.717, 1.165) is 24.3 Å². The number of alkyl halides is 3. The molecule has 3 N–H and O–H groups in total. The van der Waals surface area contributed by atoms with E-state index in [-0.39, 0.29) is 31.0 Å². The summed E-state index contributed by atoms with van der Waals surface area (Å²) in [7, 11) is 0. The van der Waals surface area contributed by atoms with Crippen molar-refractivity contribution in [1.29, 1.82) is 0 Å². The Kier molecular flexibility index (Phi) is 8.93. The number of amides is 3. The molecular formula is C19H26F3N3O4. The molecule has 0 spiro atoms. The number of rotatable bonds is 8. The molecule has 0 radical (unpaired) electrons. The molecule has 0 aliphatic carbocycles. The minimum Gasteiger partial charge on any atom is -0.444 e. The van der Waals surface area contributed by atoms with Crippen LogP contribution >= 0.6 is 0 Å². The maximum Gasteiger partial charge on any atom is 0.416 e. The molecule has 0 heterocycles. The quantitative estimate of drug-likeness (QED) is 0.567. The van der Waals surface area contributed by atoms with E-state index in [1.54, 1.807) is 20.8 Å². The second-order valence-corrected chi connectivity index (χ2v) is 7.21. The fourth-order valence-electron chi connectivity index (χ4n) is 2.11. The molecule has 0 aliphatic rings. The number of halogens is 3. The summed E-state index contributed by atoms with van der Waals surface area (Å²) < 4.78 is 42.5. The fraction of sp³-hybridized carbons (Fsp3) is 0.526. The summed E-state index contributed by atoms with van der Waals surface area (Å²) >= 11 is 0. The second-order valence-electron chi connectivity index (χ2n) is 7.21. The highest BCUT2D eigenvalue weighted by Crippen LogP contribution is 2.29. The third kappa shape index (κ3) is 10.4. The van der Waals surface area contributed by atoms with Crippen molar-refractivity contribution in [2.45, 2.75) is 45.4 Å². The normalized spacial score (nSPS) is 11.5. The van der Waals surface area contributed by atoms with Gasteiger partial charge in [0.1, 0.15) is 5.60 Å². The number of carbonyl (C=O) groups excluding carboxylic acids is 3. The van der Waals surface area contributed by atoms with Crippen LogP contribution in [0.4, 0.5) is 18.0 Å². The van der Waals surface area contributed by atoms with Crippen molar-refractivity contribution in [2.24, 2.45) is 0 Å². The maximum atomic E-state index is 12.5. The van der Waals surface area contributed by atoms with Crippen LogP contribution in [0.1, 0.15) is 49.5 Å². The molecular weight excluding hydrogens is 391 g/mol. The summed E-state index contributed by atoms with van der Waals surface area (Å²) in [5.74, 6) is -0.762. The SMILES string of the molecule is CC(C)(C)OC(=O)NCCC(=O)NCCCNC(=O)c1ccc(C(F)(F)F)cc1. The van der Waals surface area contributed by atoms with Crippen molar-refractivity contribution < 1.29 is 32.3 Å². The number of carbonyl (C=O) groups is 3. The van der Waals surface area contributed by atoms with Gasteiger partial charge in [0.15, 0.2) is 0 Å². The molecule has 0 aliphatic heterocycles. The van der Waals surface area contributed by atoms with Crippen LogP contribution in [0.5, 0.6) is 0 Å². The van der Waals surface area contributed by atoms with Crippen LogP contribution in [0.3, 0.4) is 0 Å². The Balaban J connectivity index is 2.17. The Hall–Kier alpha value is -2.78. The Morgan fingerprint density at radius 2 is 1.48 bits per heavy atom. The molecule has 29 heavy (non-hydrogen) atoms. The van der Waals surface area contributed by atoms with E-state index in [1.165, 1.54) is 0 Å². The van der Waals surface area contributed by atoms with E-state index in [4.69, 9.17) is 4.74 Å². The smallest absolute Gasteiger partial charge is 0.416 e. The predicted molar refractivity (Wildman–Crippen MR) is 100 cm³/mol. The number of ether oxygens (including phenoxy) is 1. The van der Waals surface area contributed by atoms with Gasteiger partial charge in [0.05, 0.1) is 5.56 Å². The Labute approximate surface area is 167 Å². The number of benzene rings is 1. The number of hydrogen-bond donors (Lipinski definition) is 3. The van der Waals surface area contributed by atoms with Gasteiger partial charge in [-0.1, -0.05) is 0 Å². The predicted octanol–water partition coefficient (Wildman–Crippen LogP) is 2.86. The average Bonchev–Trinajstić information content (AvgIpc) is 2.59. The minimum absolute atomic E-state index is 0.0805. The second kappa shape index (κ2) is 10.7. The van der Waals surface area contributed by atoms with Crippen LogP contribution in [0.25, 0.3) is 0 Å². The molecule has 7 nitrogen and oxygen atoms in total. The van der Waals surface area contributed by atoms with Crippen LogP contribution in [-0.4, -0.2) is 43.1 Å². The highest BCUT2D eigenvalue weighted by molar-refractivity contribution is 5.94. The van der Waals surface area contributed by atoms with Gasteiger partial charge in [-0.2, -0.15) is 13.2 Å². The fourth-order valence-corrected chi connectivity index (χ4v) is 2.11. The van der Waals surface area contributed by atoms with E-state index in [9.17, 15) is 27.6 Å². The van der Waals surface area contributed by atoms with Gasteiger partial charge in [-0.3, -0.25) is 9.59 Å². The zero-order valence-corrected chi connectivity index (χ0v) is 16.6. The van der Waals surface area contributed by atoms with Gasteiger partial charge in [0, 0.05) is 31.6 Å². The Bertz CT molecular complexity index is 698. The Morgan fingerprint density at radius 1 is 0.897 bits per heavy atom. The zero-order chi connectivity index (χ0) is 22.1. The van der Waals surface area contributed by atoms with Crippen molar-refractivity contribution in [3.05, 3.63) is 35.4 Å². The molecule has 0 fully saturated rings. The lowest BCUT2D eigenvalue weighted by atomic mass is 10.1. The molecule has 3 amide bonds. The van der Waals surface area contributed by atoms with Gasteiger partial charge in [-0.05, 0) is 51.5 Å². The van der Waals surface area contributed by atoms with Crippen LogP contribution < -0.4 is 16.0 Å². The van der Waals surface area contributed by atoms with Gasteiger partial charge in [0.2, 0.25) is 5.91 Å². The monoisotopic (exact) mass is 417 g/mol.